The SMILES string of the molecule is Cc1cc(C)c(C)c(CC2CCCNC2)c1C. The molecule has 1 aliphatic rings. The highest BCUT2D eigenvalue weighted by Crippen LogP contribution is 2.26. The van der Waals surface area contributed by atoms with Crippen LogP contribution >= 0.6 is 0 Å². The van der Waals surface area contributed by atoms with E-state index in [2.05, 4.69) is 39.1 Å². The first-order valence-electron chi connectivity index (χ1n) is 6.86. The lowest BCUT2D eigenvalue weighted by Gasteiger charge is -2.25. The first-order valence-corrected chi connectivity index (χ1v) is 6.86. The third-order valence-electron chi connectivity index (χ3n) is 4.41. The molecule has 94 valence electrons. The molecule has 17 heavy (non-hydrogen) atoms. The largest absolute Gasteiger partial charge is 0.316 e. The predicted molar refractivity (Wildman–Crippen MR) is 74.7 cm³/mol. The van der Waals surface area contributed by atoms with Crippen LogP contribution in [0.1, 0.15) is 40.7 Å². The van der Waals surface area contributed by atoms with Crippen LogP contribution in [0.2, 0.25) is 0 Å². The van der Waals surface area contributed by atoms with E-state index >= 15 is 0 Å². The van der Waals surface area contributed by atoms with E-state index in [0.29, 0.717) is 0 Å². The van der Waals surface area contributed by atoms with Gasteiger partial charge in [-0.15, -0.1) is 0 Å². The molecule has 1 aromatic carbocycles. The van der Waals surface area contributed by atoms with Crippen molar-refractivity contribution in [1.29, 1.82) is 0 Å². The van der Waals surface area contributed by atoms with Crippen molar-refractivity contribution < 1.29 is 0 Å². The fourth-order valence-electron chi connectivity index (χ4n) is 2.99. The molecule has 0 aromatic heterocycles. The second-order valence-corrected chi connectivity index (χ2v) is 5.66. The molecule has 0 bridgehead atoms. The number of benzene rings is 1. The van der Waals surface area contributed by atoms with Gasteiger partial charge in [-0.1, -0.05) is 6.07 Å². The lowest BCUT2D eigenvalue weighted by atomic mass is 9.85. The zero-order chi connectivity index (χ0) is 12.4. The molecule has 1 aliphatic heterocycles. The second-order valence-electron chi connectivity index (χ2n) is 5.66. The van der Waals surface area contributed by atoms with Crippen molar-refractivity contribution in [1.82, 2.24) is 5.32 Å². The van der Waals surface area contributed by atoms with E-state index in [9.17, 15) is 0 Å². The van der Waals surface area contributed by atoms with E-state index in [1.807, 2.05) is 0 Å². The Morgan fingerprint density at radius 2 is 1.76 bits per heavy atom. The van der Waals surface area contributed by atoms with Gasteiger partial charge < -0.3 is 5.32 Å². The lowest BCUT2D eigenvalue weighted by Crippen LogP contribution is -2.31. The summed E-state index contributed by atoms with van der Waals surface area (Å²) in [6.07, 6.45) is 3.99. The van der Waals surface area contributed by atoms with Crippen molar-refractivity contribution >= 4 is 0 Å². The highest BCUT2D eigenvalue weighted by Gasteiger charge is 2.17. The third-order valence-corrected chi connectivity index (χ3v) is 4.41. The predicted octanol–water partition coefficient (Wildman–Crippen LogP) is 3.46. The maximum absolute atomic E-state index is 3.52. The molecule has 1 aromatic rings. The zero-order valence-corrected chi connectivity index (χ0v) is 11.7. The van der Waals surface area contributed by atoms with Crippen LogP contribution in [0.3, 0.4) is 0 Å². The highest BCUT2D eigenvalue weighted by atomic mass is 14.9. The Hall–Kier alpha value is -0.820. The molecule has 0 spiro atoms. The molecule has 0 radical (unpaired) electrons. The molecular weight excluding hydrogens is 206 g/mol. The van der Waals surface area contributed by atoms with E-state index < -0.39 is 0 Å². The van der Waals surface area contributed by atoms with Crippen molar-refractivity contribution in [2.24, 2.45) is 5.92 Å². The van der Waals surface area contributed by atoms with Crippen LogP contribution in [-0.2, 0) is 6.42 Å². The molecule has 0 saturated carbocycles. The average molecular weight is 231 g/mol. The summed E-state index contributed by atoms with van der Waals surface area (Å²) in [6.45, 7) is 11.5. The van der Waals surface area contributed by atoms with E-state index in [0.717, 1.165) is 5.92 Å². The van der Waals surface area contributed by atoms with Crippen molar-refractivity contribution in [2.45, 2.75) is 47.0 Å². The Labute approximate surface area is 106 Å². The summed E-state index contributed by atoms with van der Waals surface area (Å²) in [5, 5.41) is 3.52. The Balaban J connectivity index is 2.24. The first-order chi connectivity index (χ1) is 8.09. The molecule has 1 N–H and O–H groups in total. The first kappa shape index (κ1) is 12.6. The Morgan fingerprint density at radius 1 is 1.12 bits per heavy atom. The standard InChI is InChI=1S/C16H25N/c1-11-8-12(2)14(4)16(13(11)3)9-15-6-5-7-17-10-15/h8,15,17H,5-7,9-10H2,1-4H3. The van der Waals surface area contributed by atoms with Gasteiger partial charge in [0.15, 0.2) is 0 Å². The van der Waals surface area contributed by atoms with Crippen molar-refractivity contribution in [3.05, 3.63) is 33.9 Å². The molecule has 1 nitrogen and oxygen atoms in total. The van der Waals surface area contributed by atoms with Crippen LogP contribution in [0.4, 0.5) is 0 Å². The van der Waals surface area contributed by atoms with Gasteiger partial charge >= 0.3 is 0 Å². The summed E-state index contributed by atoms with van der Waals surface area (Å²) >= 11 is 0. The topological polar surface area (TPSA) is 12.0 Å². The van der Waals surface area contributed by atoms with Crippen LogP contribution in [0, 0.1) is 33.6 Å². The summed E-state index contributed by atoms with van der Waals surface area (Å²) in [6, 6.07) is 2.33. The summed E-state index contributed by atoms with van der Waals surface area (Å²) < 4.78 is 0. The molecule has 1 atom stereocenters. The smallest absolute Gasteiger partial charge is 0.00173 e. The second kappa shape index (κ2) is 5.22. The van der Waals surface area contributed by atoms with Gasteiger partial charge in [-0.3, -0.25) is 0 Å². The fourth-order valence-corrected chi connectivity index (χ4v) is 2.99. The quantitative estimate of drug-likeness (QED) is 0.822. The molecule has 0 amide bonds. The van der Waals surface area contributed by atoms with Crippen LogP contribution in [0.15, 0.2) is 6.07 Å². The van der Waals surface area contributed by atoms with Gasteiger partial charge in [-0.05, 0) is 93.8 Å². The summed E-state index contributed by atoms with van der Waals surface area (Å²) in [7, 11) is 0. The van der Waals surface area contributed by atoms with E-state index in [-0.39, 0.29) is 0 Å². The average Bonchev–Trinajstić information content (AvgIpc) is 2.33. The Morgan fingerprint density at radius 3 is 2.29 bits per heavy atom. The molecule has 0 aliphatic carbocycles. The number of hydrogen-bond donors (Lipinski definition) is 1. The molecule has 1 fully saturated rings. The van der Waals surface area contributed by atoms with Gasteiger partial charge in [-0.25, -0.2) is 0 Å². The molecule has 1 saturated heterocycles. The third kappa shape index (κ3) is 2.71. The Bertz CT molecular complexity index is 374. The van der Waals surface area contributed by atoms with Crippen molar-refractivity contribution in [2.75, 3.05) is 13.1 Å². The van der Waals surface area contributed by atoms with Crippen LogP contribution < -0.4 is 5.32 Å². The zero-order valence-electron chi connectivity index (χ0n) is 11.7. The molecular formula is C16H25N. The van der Waals surface area contributed by atoms with E-state index in [4.69, 9.17) is 0 Å². The molecule has 1 heterocycles. The van der Waals surface area contributed by atoms with Crippen LogP contribution in [-0.4, -0.2) is 13.1 Å². The Kier molecular flexibility index (Phi) is 3.88. The van der Waals surface area contributed by atoms with E-state index in [1.54, 1.807) is 5.56 Å². The summed E-state index contributed by atoms with van der Waals surface area (Å²) in [5.74, 6) is 0.836. The normalized spacial score (nSPS) is 20.6. The van der Waals surface area contributed by atoms with Crippen molar-refractivity contribution in [3.63, 3.8) is 0 Å². The number of aryl methyl sites for hydroxylation is 2. The number of hydrogen-bond acceptors (Lipinski definition) is 1. The molecule has 2 rings (SSSR count). The number of piperidine rings is 1. The summed E-state index contributed by atoms with van der Waals surface area (Å²) in [4.78, 5) is 0. The van der Waals surface area contributed by atoms with Gasteiger partial charge in [0.25, 0.3) is 0 Å². The van der Waals surface area contributed by atoms with Gasteiger partial charge in [0.2, 0.25) is 0 Å². The minimum atomic E-state index is 0.836. The highest BCUT2D eigenvalue weighted by molar-refractivity contribution is 5.44. The number of rotatable bonds is 2. The minimum Gasteiger partial charge on any atom is -0.316 e. The molecule has 1 unspecified atom stereocenters. The molecule has 1 heteroatoms. The minimum absolute atomic E-state index is 0.836. The van der Waals surface area contributed by atoms with Crippen molar-refractivity contribution in [3.8, 4) is 0 Å². The van der Waals surface area contributed by atoms with Gasteiger partial charge in [0.1, 0.15) is 0 Å². The lowest BCUT2D eigenvalue weighted by molar-refractivity contribution is 0.375. The summed E-state index contributed by atoms with van der Waals surface area (Å²) in [5.41, 5.74) is 7.53. The van der Waals surface area contributed by atoms with Gasteiger partial charge in [-0.2, -0.15) is 0 Å². The van der Waals surface area contributed by atoms with E-state index in [1.165, 1.54) is 54.6 Å². The van der Waals surface area contributed by atoms with Gasteiger partial charge in [0, 0.05) is 0 Å². The van der Waals surface area contributed by atoms with Crippen LogP contribution in [0.5, 0.6) is 0 Å². The fraction of sp³-hybridized carbons (Fsp3) is 0.625. The number of nitrogens with one attached hydrogen (secondary N) is 1. The maximum atomic E-state index is 3.52. The monoisotopic (exact) mass is 231 g/mol. The van der Waals surface area contributed by atoms with Gasteiger partial charge in [0.05, 0.1) is 0 Å². The maximum Gasteiger partial charge on any atom is -0.00173 e. The van der Waals surface area contributed by atoms with Crippen LogP contribution in [0.25, 0.3) is 0 Å².